The zero-order valence-corrected chi connectivity index (χ0v) is 16.2. The minimum absolute atomic E-state index is 0.0842. The van der Waals surface area contributed by atoms with E-state index in [9.17, 15) is 9.59 Å². The normalized spacial score (nSPS) is 10.5. The molecule has 0 radical (unpaired) electrons. The van der Waals surface area contributed by atoms with Crippen LogP contribution < -0.4 is 10.6 Å². The predicted molar refractivity (Wildman–Crippen MR) is 105 cm³/mol. The number of hydrogen-bond donors (Lipinski definition) is 2. The van der Waals surface area contributed by atoms with E-state index >= 15 is 0 Å². The molecule has 6 nitrogen and oxygen atoms in total. The number of carbonyl (C=O) groups is 2. The van der Waals surface area contributed by atoms with Gasteiger partial charge in [0.1, 0.15) is 0 Å². The molecule has 2 aromatic heterocycles. The number of halogens is 1. The van der Waals surface area contributed by atoms with Gasteiger partial charge in [-0.25, -0.2) is 4.68 Å². The lowest BCUT2D eigenvalue weighted by atomic mass is 10.3. The van der Waals surface area contributed by atoms with Crippen molar-refractivity contribution in [2.45, 2.75) is 6.42 Å². The zero-order chi connectivity index (χ0) is 18.4. The Kier molecular flexibility index (Phi) is 6.19. The molecule has 2 heterocycles. The second-order valence-corrected chi connectivity index (χ2v) is 7.33. The summed E-state index contributed by atoms with van der Waals surface area (Å²) in [5.74, 6) is -0.317. The van der Waals surface area contributed by atoms with Gasteiger partial charge in [0.25, 0.3) is 11.8 Å². The first-order chi connectivity index (χ1) is 12.6. The Morgan fingerprint density at radius 3 is 2.62 bits per heavy atom. The third kappa shape index (κ3) is 4.80. The number of thiophene rings is 1. The van der Waals surface area contributed by atoms with Crippen LogP contribution in [0.25, 0.3) is 5.69 Å². The highest BCUT2D eigenvalue weighted by molar-refractivity contribution is 9.10. The van der Waals surface area contributed by atoms with Crippen molar-refractivity contribution < 1.29 is 9.59 Å². The molecule has 0 atom stereocenters. The first kappa shape index (κ1) is 18.3. The molecule has 0 spiro atoms. The molecule has 0 bridgehead atoms. The highest BCUT2D eigenvalue weighted by Crippen LogP contribution is 2.15. The van der Waals surface area contributed by atoms with Gasteiger partial charge in [-0.3, -0.25) is 9.59 Å². The molecule has 0 unspecified atom stereocenters. The number of amides is 2. The summed E-state index contributed by atoms with van der Waals surface area (Å²) >= 11 is 4.82. The largest absolute Gasteiger partial charge is 0.351 e. The fraction of sp³-hybridized carbons (Fsp3) is 0.167. The van der Waals surface area contributed by atoms with E-state index in [-0.39, 0.29) is 11.8 Å². The van der Waals surface area contributed by atoms with Crippen molar-refractivity contribution in [2.75, 3.05) is 13.1 Å². The first-order valence-corrected chi connectivity index (χ1v) is 9.72. The maximum absolute atomic E-state index is 12.2. The van der Waals surface area contributed by atoms with Gasteiger partial charge in [-0.15, -0.1) is 11.3 Å². The third-order valence-corrected chi connectivity index (χ3v) is 4.93. The van der Waals surface area contributed by atoms with Gasteiger partial charge in [-0.1, -0.05) is 28.1 Å². The number of aromatic nitrogens is 2. The quantitative estimate of drug-likeness (QED) is 0.562. The van der Waals surface area contributed by atoms with Crippen molar-refractivity contribution in [1.29, 1.82) is 0 Å². The monoisotopic (exact) mass is 432 g/mol. The van der Waals surface area contributed by atoms with Gasteiger partial charge in [0.05, 0.1) is 10.6 Å². The van der Waals surface area contributed by atoms with Crippen LogP contribution in [-0.4, -0.2) is 34.7 Å². The van der Waals surface area contributed by atoms with Crippen LogP contribution in [0.15, 0.2) is 58.5 Å². The molecule has 134 valence electrons. The first-order valence-electron chi connectivity index (χ1n) is 8.05. The highest BCUT2D eigenvalue weighted by atomic mass is 79.9. The number of rotatable bonds is 7. The molecule has 26 heavy (non-hydrogen) atoms. The van der Waals surface area contributed by atoms with Crippen LogP contribution in [-0.2, 0) is 0 Å². The minimum atomic E-state index is -0.233. The molecule has 0 aliphatic carbocycles. The summed E-state index contributed by atoms with van der Waals surface area (Å²) in [6.07, 6.45) is 2.40. The Morgan fingerprint density at radius 2 is 1.88 bits per heavy atom. The Bertz CT molecular complexity index is 892. The maximum Gasteiger partial charge on any atom is 0.271 e. The molecule has 8 heteroatoms. The number of hydrogen-bond acceptors (Lipinski definition) is 4. The lowest BCUT2D eigenvalue weighted by Gasteiger charge is -2.05. The van der Waals surface area contributed by atoms with E-state index < -0.39 is 0 Å². The lowest BCUT2D eigenvalue weighted by Crippen LogP contribution is -2.29. The summed E-state index contributed by atoms with van der Waals surface area (Å²) in [7, 11) is 0. The van der Waals surface area contributed by atoms with Gasteiger partial charge in [-0.2, -0.15) is 5.10 Å². The van der Waals surface area contributed by atoms with E-state index in [0.29, 0.717) is 30.1 Å². The predicted octanol–water partition coefficient (Wildman–Crippen LogP) is 3.25. The van der Waals surface area contributed by atoms with Crippen molar-refractivity contribution in [2.24, 2.45) is 0 Å². The molecule has 0 saturated heterocycles. The van der Waals surface area contributed by atoms with Gasteiger partial charge >= 0.3 is 0 Å². The molecule has 3 aromatic rings. The molecule has 2 amide bonds. The van der Waals surface area contributed by atoms with Gasteiger partial charge in [0.15, 0.2) is 5.69 Å². The number of benzene rings is 1. The molecule has 1 aromatic carbocycles. The van der Waals surface area contributed by atoms with Crippen LogP contribution in [0.4, 0.5) is 0 Å². The van der Waals surface area contributed by atoms with Crippen molar-refractivity contribution in [3.63, 3.8) is 0 Å². The molecule has 3 rings (SSSR count). The Hall–Kier alpha value is -2.45. The van der Waals surface area contributed by atoms with E-state index in [0.717, 1.165) is 10.2 Å². The second kappa shape index (κ2) is 8.77. The fourth-order valence-corrected chi connectivity index (χ4v) is 3.31. The summed E-state index contributed by atoms with van der Waals surface area (Å²) in [5.41, 5.74) is 1.22. The topological polar surface area (TPSA) is 76.0 Å². The molecular formula is C18H17BrN4O2S. The van der Waals surface area contributed by atoms with Crippen LogP contribution in [0, 0.1) is 0 Å². The van der Waals surface area contributed by atoms with Gasteiger partial charge in [0, 0.05) is 23.8 Å². The van der Waals surface area contributed by atoms with E-state index in [4.69, 9.17) is 0 Å². The standard InChI is InChI=1S/C18H17BrN4O2S/c19-13-4-1-5-14(12-13)23-10-7-15(22-23)17(24)20-8-3-9-21-18(25)16-6-2-11-26-16/h1-2,4-7,10-12H,3,8-9H2,(H,20,24)(H,21,25). The molecule has 0 aliphatic heterocycles. The fourth-order valence-electron chi connectivity index (χ4n) is 2.29. The van der Waals surface area contributed by atoms with Crippen molar-refractivity contribution in [3.8, 4) is 5.69 Å². The van der Waals surface area contributed by atoms with E-state index in [2.05, 4.69) is 31.7 Å². The average Bonchev–Trinajstić information content (AvgIpc) is 3.33. The van der Waals surface area contributed by atoms with Crippen LogP contribution in [0.1, 0.15) is 26.6 Å². The highest BCUT2D eigenvalue weighted by Gasteiger charge is 2.10. The van der Waals surface area contributed by atoms with Gasteiger partial charge in [0.2, 0.25) is 0 Å². The van der Waals surface area contributed by atoms with Gasteiger partial charge < -0.3 is 10.6 Å². The van der Waals surface area contributed by atoms with Crippen LogP contribution in [0.2, 0.25) is 0 Å². The van der Waals surface area contributed by atoms with E-state index in [1.54, 1.807) is 23.0 Å². The van der Waals surface area contributed by atoms with Crippen molar-refractivity contribution in [1.82, 2.24) is 20.4 Å². The SMILES string of the molecule is O=C(NCCCNC(=O)c1cccs1)c1ccn(-c2cccc(Br)c2)n1. The third-order valence-electron chi connectivity index (χ3n) is 3.56. The maximum atomic E-state index is 12.2. The van der Waals surface area contributed by atoms with Crippen molar-refractivity contribution in [3.05, 3.63) is 69.1 Å². The Morgan fingerprint density at radius 1 is 1.08 bits per heavy atom. The van der Waals surface area contributed by atoms with Crippen LogP contribution >= 0.6 is 27.3 Å². The minimum Gasteiger partial charge on any atom is -0.351 e. The molecular weight excluding hydrogens is 416 g/mol. The van der Waals surface area contributed by atoms with Crippen LogP contribution in [0.5, 0.6) is 0 Å². The Balaban J connectivity index is 1.43. The number of nitrogens with zero attached hydrogens (tertiary/aromatic N) is 2. The average molecular weight is 433 g/mol. The van der Waals surface area contributed by atoms with E-state index in [1.807, 2.05) is 35.7 Å². The smallest absolute Gasteiger partial charge is 0.271 e. The molecule has 0 aliphatic rings. The number of nitrogens with one attached hydrogen (secondary N) is 2. The molecule has 0 fully saturated rings. The molecule has 0 saturated carbocycles. The van der Waals surface area contributed by atoms with Crippen molar-refractivity contribution >= 4 is 39.1 Å². The zero-order valence-electron chi connectivity index (χ0n) is 13.8. The summed E-state index contributed by atoms with van der Waals surface area (Å²) in [5, 5.41) is 11.8. The summed E-state index contributed by atoms with van der Waals surface area (Å²) in [6.45, 7) is 0.969. The summed E-state index contributed by atoms with van der Waals surface area (Å²) < 4.78 is 2.60. The molecule has 2 N–H and O–H groups in total. The van der Waals surface area contributed by atoms with Crippen LogP contribution in [0.3, 0.4) is 0 Å². The van der Waals surface area contributed by atoms with Gasteiger partial charge in [-0.05, 0) is 42.1 Å². The number of carbonyl (C=O) groups excluding carboxylic acids is 2. The Labute approximate surface area is 163 Å². The second-order valence-electron chi connectivity index (χ2n) is 5.47. The summed E-state index contributed by atoms with van der Waals surface area (Å²) in [6, 6.07) is 13.0. The lowest BCUT2D eigenvalue weighted by molar-refractivity contribution is 0.0947. The van der Waals surface area contributed by atoms with E-state index in [1.165, 1.54) is 11.3 Å². The summed E-state index contributed by atoms with van der Waals surface area (Å²) in [4.78, 5) is 24.6.